The van der Waals surface area contributed by atoms with Crippen LogP contribution in [0.15, 0.2) is 141 Å². The Kier molecular flexibility index (Phi) is 32.2. The van der Waals surface area contributed by atoms with Crippen LogP contribution in [0.1, 0.15) is 199 Å². The van der Waals surface area contributed by atoms with E-state index in [0.29, 0.717) is 49.9 Å². The number of aryl methyl sites for hydroxylation is 4. The van der Waals surface area contributed by atoms with Crippen LogP contribution in [0, 0.1) is 0 Å². The molecule has 0 radical (unpaired) electrons. The molecule has 144 heavy (non-hydrogen) atoms. The number of amides is 6. The van der Waals surface area contributed by atoms with Gasteiger partial charge >= 0.3 is 71.1 Å². The number of carboxylic acids is 2. The maximum absolute atomic E-state index is 14.3. The van der Waals surface area contributed by atoms with E-state index in [0.717, 1.165) is 276 Å². The summed E-state index contributed by atoms with van der Waals surface area (Å²) in [6.07, 6.45) is 19.9. The normalized spacial score (nSPS) is 16.6. The number of ether oxygens (including phenoxy) is 2. The first-order chi connectivity index (χ1) is 68.5. The van der Waals surface area contributed by atoms with Gasteiger partial charge in [-0.1, -0.05) is 36.7 Å². The number of rotatable bonds is 22. The Balaban J connectivity index is 0.000000133. The van der Waals surface area contributed by atoms with Crippen molar-refractivity contribution in [2.45, 2.75) is 225 Å². The summed E-state index contributed by atoms with van der Waals surface area (Å²) in [4.78, 5) is 165. The van der Waals surface area contributed by atoms with Gasteiger partial charge in [-0.3, -0.25) is 48.4 Å². The van der Waals surface area contributed by atoms with E-state index in [9.17, 15) is 58.2 Å². The zero-order chi connectivity index (χ0) is 99.3. The fourth-order valence-electron chi connectivity index (χ4n) is 22.4. The molecule has 14 heterocycles. The minimum Gasteiger partial charge on any atom is -0.550 e. The zero-order valence-electron chi connectivity index (χ0n) is 84.5. The summed E-state index contributed by atoms with van der Waals surface area (Å²) in [5.74, 6) is -0.815. The van der Waals surface area contributed by atoms with Gasteiger partial charge in [-0.15, -0.1) is 10.1 Å². The number of hydrogen-bond donors (Lipinski definition) is 0. The first-order valence-corrected chi connectivity index (χ1v) is 52.0. The van der Waals surface area contributed by atoms with Crippen molar-refractivity contribution >= 4 is 174 Å². The number of nitrogens with zero attached hydrogens (tertiary/aromatic N) is 14. The Morgan fingerprint density at radius 1 is 0.319 bits per heavy atom. The molecular weight excluding hydrogens is 1880 g/mol. The largest absolute Gasteiger partial charge is 1.00 e. The second-order valence-corrected chi connectivity index (χ2v) is 41.9. The molecule has 8 aromatic carbocycles. The number of carbonyl (C=O) groups excluding carboxylic acids is 10. The zero-order valence-corrected chi connectivity index (χ0v) is 90.2. The van der Waals surface area contributed by atoms with Crippen molar-refractivity contribution in [1.29, 1.82) is 0 Å². The average Bonchev–Trinajstić information content (AvgIpc) is 0.721. The third-order valence-electron chi connectivity index (χ3n) is 29.2. The van der Waals surface area contributed by atoms with Crippen molar-refractivity contribution in [3.63, 3.8) is 0 Å². The summed E-state index contributed by atoms with van der Waals surface area (Å²) < 4.78 is 13.9. The van der Waals surface area contributed by atoms with Gasteiger partial charge in [-0.2, -0.15) is 0 Å². The van der Waals surface area contributed by atoms with Crippen LogP contribution in [0.4, 0.5) is 91.0 Å². The van der Waals surface area contributed by atoms with Crippen LogP contribution in [-0.2, 0) is 109 Å². The molecule has 0 aliphatic carbocycles. The van der Waals surface area contributed by atoms with Crippen LogP contribution in [0.25, 0.3) is 0 Å². The van der Waals surface area contributed by atoms with Crippen LogP contribution in [0.2, 0.25) is 0 Å². The van der Waals surface area contributed by atoms with Gasteiger partial charge in [-0.25, -0.2) is 9.59 Å². The molecule has 0 N–H and O–H groups in total. The first-order valence-electron chi connectivity index (χ1n) is 50.4. The minimum absolute atomic E-state index is 0. The van der Waals surface area contributed by atoms with Crippen molar-refractivity contribution in [3.05, 3.63) is 166 Å². The molecule has 0 spiro atoms. The van der Waals surface area contributed by atoms with Crippen LogP contribution < -0.4 is 138 Å². The molecule has 744 valence electrons. The van der Waals surface area contributed by atoms with E-state index in [1.165, 1.54) is 67.3 Å². The Bertz CT molecular complexity index is 6190. The number of aliphatic carboxylic acids is 2. The standard InChI is InChI=1S/C34H38N4O5.C29H33N3O4.C26H30N4O4S.C21H25N3O3S.2Na/c1-21-13-14-29(40)38(21)43-30(41)12-2-11-28(39)37-26-19-22-7-3-15-35-17-5-9-24(31(22)35)33(26)42-34-25-10-6-18-36-16-4-8-23(32(25)36)20-27(34)37;33-24(10-1-11-25(34)35)32-22-16-18-6-2-12-30-14-4-8-20(26(18)30)28(22)36-29-21-9-5-15-31-13-3-7-19(27(21)31)17-23(29)32;1-17-9-14-25(32)30(17)34-26(33)8-6-7-24(31)29-20-12-10-18(27(2)3)15-22(20)35-23-16-19(28(4)5)11-13-21(23)29;1-22(2)14-8-10-16-18(12-14)28-19-13-15(23(3)4)9-11-17(19)24(16)20(25)6-5-7-21(26)27;;/h19-20H,1-18H2;16-17H,1-15H2,(H,34,35);10-13,15-16H,1,6-9,14H2,2-5H3;8-13H,5-7H2,1-4H3,(H,26,27);;/q;;;;2*+1/p-2. The summed E-state index contributed by atoms with van der Waals surface area (Å²) >= 11 is 3.29. The van der Waals surface area contributed by atoms with E-state index in [-0.39, 0.29) is 159 Å². The number of allylic oxidation sites excluding steroid dienone is 2. The predicted molar refractivity (Wildman–Crippen MR) is 549 cm³/mol. The first kappa shape index (κ1) is 104. The average molecular weight is 2010 g/mol. The van der Waals surface area contributed by atoms with Crippen LogP contribution >= 0.6 is 23.5 Å². The van der Waals surface area contributed by atoms with E-state index in [1.807, 2.05) is 134 Å². The predicted octanol–water partition coefficient (Wildman–Crippen LogP) is 11.0. The molecule has 22 rings (SSSR count). The van der Waals surface area contributed by atoms with Gasteiger partial charge in [0.2, 0.25) is 23.6 Å². The number of carboxylic acid groups (broad SMARTS) is 2. The van der Waals surface area contributed by atoms with E-state index in [1.54, 1.807) is 33.3 Å². The van der Waals surface area contributed by atoms with Crippen molar-refractivity contribution in [1.82, 2.24) is 10.1 Å². The molecule has 0 saturated carbocycles. The summed E-state index contributed by atoms with van der Waals surface area (Å²) in [6.45, 7) is 16.1. The molecule has 2 saturated heterocycles. The molecular formula is C110H124N14Na2O16S2. The molecule has 14 aliphatic heterocycles. The topological polar surface area (TPSA) is 299 Å². The fraction of sp³-hybridized carbons (Fsp3) is 0.436. The summed E-state index contributed by atoms with van der Waals surface area (Å²) in [5, 5.41) is 23.7. The number of hydroxylamine groups is 4. The van der Waals surface area contributed by atoms with Gasteiger partial charge in [0.05, 0.1) is 56.9 Å². The monoisotopic (exact) mass is 2010 g/mol. The quantitative estimate of drug-likeness (QED) is 0.0569. The molecule has 0 unspecified atom stereocenters. The van der Waals surface area contributed by atoms with Gasteiger partial charge in [0, 0.05) is 259 Å². The van der Waals surface area contributed by atoms with E-state index >= 15 is 0 Å². The Morgan fingerprint density at radius 2 is 0.556 bits per heavy atom. The van der Waals surface area contributed by atoms with Crippen LogP contribution in [-0.4, -0.2) is 178 Å². The maximum atomic E-state index is 14.3. The molecule has 30 nitrogen and oxygen atoms in total. The van der Waals surface area contributed by atoms with Gasteiger partial charge in [0.15, 0.2) is 23.0 Å². The third kappa shape index (κ3) is 21.1. The molecule has 34 heteroatoms. The second kappa shape index (κ2) is 44.5. The van der Waals surface area contributed by atoms with E-state index < -0.39 is 23.9 Å². The number of benzene rings is 8. The Morgan fingerprint density at radius 3 is 0.785 bits per heavy atom. The molecule has 0 bridgehead atoms. The molecule has 0 aromatic heterocycles. The number of fused-ring (bicyclic) bond motifs is 12. The number of anilines is 16. The summed E-state index contributed by atoms with van der Waals surface area (Å²) in [6, 6.07) is 32.9. The van der Waals surface area contributed by atoms with Gasteiger partial charge in [0.1, 0.15) is 0 Å². The van der Waals surface area contributed by atoms with Crippen molar-refractivity contribution < 1.29 is 136 Å². The van der Waals surface area contributed by atoms with Gasteiger partial charge in [-0.05, 0) is 273 Å². The Hall–Kier alpha value is -11.4. The number of hydrogen-bond acceptors (Lipinski definition) is 26. The summed E-state index contributed by atoms with van der Waals surface area (Å²) in [7, 11) is 15.9. The van der Waals surface area contributed by atoms with Crippen LogP contribution in [0.3, 0.4) is 0 Å². The fourth-order valence-corrected chi connectivity index (χ4v) is 24.6. The molecule has 14 aliphatic rings. The van der Waals surface area contributed by atoms with Crippen molar-refractivity contribution in [2.24, 2.45) is 0 Å². The molecule has 0 atom stereocenters. The molecule has 8 aromatic rings. The summed E-state index contributed by atoms with van der Waals surface area (Å²) in [5.41, 5.74) is 27.3. The van der Waals surface area contributed by atoms with Gasteiger partial charge in [0.25, 0.3) is 11.8 Å². The minimum atomic E-state index is -1.13. The maximum Gasteiger partial charge on any atom is 1.00 e. The Labute approximate surface area is 894 Å². The molecule has 2 fully saturated rings. The smallest absolute Gasteiger partial charge is 0.550 e. The van der Waals surface area contributed by atoms with Crippen LogP contribution in [0.5, 0.6) is 23.0 Å². The molecule has 6 amide bonds. The van der Waals surface area contributed by atoms with E-state index in [4.69, 9.17) is 19.1 Å². The second-order valence-electron chi connectivity index (χ2n) is 39.7. The van der Waals surface area contributed by atoms with Gasteiger partial charge < -0.3 is 78.2 Å². The third-order valence-corrected chi connectivity index (χ3v) is 31.4. The van der Waals surface area contributed by atoms with E-state index in [2.05, 4.69) is 81.3 Å². The van der Waals surface area contributed by atoms with Crippen molar-refractivity contribution in [2.75, 3.05) is 168 Å². The SMILES string of the molecule is C=C1CCC(=O)N1OC(=O)CCCC(=O)N1c2cc3c4c(c2Oc2c1cc1c5c2CCCN5CCC1)CCCN4CCC3.C=C1CCC(=O)N1OC(=O)CCCC(=O)N1c2ccc(N(C)C)cc2Sc2cc(N(C)C)ccc21.CN(C)c1ccc2c(c1)Sc1cc(N(C)C)ccc1N2C(=O)CCCC(=O)[O-].O=C([O-])CCCC(=O)N1c2cc3c4c(c2Oc2c1cc1c5c2CCCN5CCC1)CCCN4CCC3.[Na+].[Na+]. The van der Waals surface area contributed by atoms with Crippen molar-refractivity contribution in [3.8, 4) is 23.0 Å². The number of carbonyl (C=O) groups is 10.